The van der Waals surface area contributed by atoms with E-state index < -0.39 is 0 Å². The van der Waals surface area contributed by atoms with Crippen LogP contribution in [0.3, 0.4) is 0 Å². The third-order valence-electron chi connectivity index (χ3n) is 4.93. The molecule has 0 spiro atoms. The van der Waals surface area contributed by atoms with Gasteiger partial charge in [-0.05, 0) is 37.5 Å². The second kappa shape index (κ2) is 4.02. The first-order valence-corrected chi connectivity index (χ1v) is 6.80. The number of carbonyl (C=O) groups is 1. The van der Waals surface area contributed by atoms with Gasteiger partial charge in [-0.25, -0.2) is 0 Å². The molecule has 3 heteroatoms. The predicted octanol–water partition coefficient (Wildman–Crippen LogP) is 1.37. The van der Waals surface area contributed by atoms with Gasteiger partial charge < -0.3 is 10.6 Å². The quantitative estimate of drug-likeness (QED) is 0.728. The van der Waals surface area contributed by atoms with Gasteiger partial charge in [0.05, 0.1) is 0 Å². The summed E-state index contributed by atoms with van der Waals surface area (Å²) in [6.45, 7) is 1.94. The van der Waals surface area contributed by atoms with E-state index in [-0.39, 0.29) is 0 Å². The molecule has 1 aliphatic heterocycles. The van der Waals surface area contributed by atoms with Crippen LogP contribution in [-0.4, -0.2) is 29.9 Å². The molecule has 1 saturated heterocycles. The number of rotatable bonds is 1. The van der Waals surface area contributed by atoms with Crippen LogP contribution < -0.4 is 5.73 Å². The van der Waals surface area contributed by atoms with E-state index in [4.69, 9.17) is 5.73 Å². The molecule has 0 aromatic heterocycles. The zero-order valence-corrected chi connectivity index (χ0v) is 9.90. The number of fused-ring (bicyclic) bond motifs is 1. The van der Waals surface area contributed by atoms with Crippen molar-refractivity contribution < 1.29 is 4.79 Å². The molecule has 0 bridgehead atoms. The Bertz CT molecular complexity index is 286. The number of hydrogen-bond acceptors (Lipinski definition) is 2. The highest BCUT2D eigenvalue weighted by molar-refractivity contribution is 5.79. The van der Waals surface area contributed by atoms with Crippen molar-refractivity contribution in [2.45, 2.75) is 44.6 Å². The first-order chi connectivity index (χ1) is 7.75. The number of likely N-dealkylation sites (tertiary alicyclic amines) is 1. The Hall–Kier alpha value is -0.570. The summed E-state index contributed by atoms with van der Waals surface area (Å²) in [4.78, 5) is 14.4. The first kappa shape index (κ1) is 10.6. The van der Waals surface area contributed by atoms with Crippen LogP contribution in [0.2, 0.25) is 0 Å². The Kier molecular flexibility index (Phi) is 2.66. The molecule has 2 aliphatic carbocycles. The first-order valence-electron chi connectivity index (χ1n) is 6.80. The van der Waals surface area contributed by atoms with E-state index in [1.807, 2.05) is 0 Å². The molecule has 16 heavy (non-hydrogen) atoms. The van der Waals surface area contributed by atoms with E-state index in [2.05, 4.69) is 4.90 Å². The molecule has 1 amide bonds. The van der Waals surface area contributed by atoms with Crippen LogP contribution in [0.25, 0.3) is 0 Å². The number of nitrogens with two attached hydrogens (primary N) is 1. The molecule has 3 fully saturated rings. The van der Waals surface area contributed by atoms with E-state index in [1.165, 1.54) is 25.7 Å². The van der Waals surface area contributed by atoms with Gasteiger partial charge >= 0.3 is 0 Å². The third kappa shape index (κ3) is 1.65. The Morgan fingerprint density at radius 3 is 2.50 bits per heavy atom. The lowest BCUT2D eigenvalue weighted by molar-refractivity contribution is -0.134. The van der Waals surface area contributed by atoms with Crippen molar-refractivity contribution in [3.05, 3.63) is 0 Å². The minimum atomic E-state index is 0.343. The van der Waals surface area contributed by atoms with Gasteiger partial charge in [-0.15, -0.1) is 0 Å². The largest absolute Gasteiger partial charge is 0.342 e. The van der Waals surface area contributed by atoms with Gasteiger partial charge in [-0.3, -0.25) is 4.79 Å². The number of nitrogens with zero attached hydrogens (tertiary/aromatic N) is 1. The molecule has 2 saturated carbocycles. The fourth-order valence-electron chi connectivity index (χ4n) is 3.92. The number of hydrogen-bond donors (Lipinski definition) is 1. The van der Waals surface area contributed by atoms with E-state index in [0.717, 1.165) is 25.9 Å². The van der Waals surface area contributed by atoms with Crippen molar-refractivity contribution in [1.29, 1.82) is 0 Å². The molecule has 3 nitrogen and oxygen atoms in total. The number of carbonyl (C=O) groups excluding carboxylic acids is 1. The molecule has 90 valence electrons. The standard InChI is InChI=1S/C13H22N2O/c14-12-6-5-10-7-15(8-11(10)12)13(16)9-3-1-2-4-9/h9-12H,1-8,14H2/t10-,11+,12+/m0/s1. The molecule has 0 radical (unpaired) electrons. The average Bonchev–Trinajstić information content (AvgIpc) is 2.96. The van der Waals surface area contributed by atoms with Gasteiger partial charge in [0, 0.05) is 25.0 Å². The van der Waals surface area contributed by atoms with Crippen LogP contribution in [-0.2, 0) is 4.79 Å². The van der Waals surface area contributed by atoms with Crippen molar-refractivity contribution in [2.24, 2.45) is 23.5 Å². The maximum Gasteiger partial charge on any atom is 0.225 e. The molecule has 3 rings (SSSR count). The molecule has 0 aromatic rings. The highest BCUT2D eigenvalue weighted by atomic mass is 16.2. The second-order valence-corrected chi connectivity index (χ2v) is 5.89. The molecule has 3 aliphatic rings. The lowest BCUT2D eigenvalue weighted by Gasteiger charge is -2.22. The van der Waals surface area contributed by atoms with E-state index in [0.29, 0.717) is 29.7 Å². The molecular formula is C13H22N2O. The summed E-state index contributed by atoms with van der Waals surface area (Å²) in [6, 6.07) is 0.353. The smallest absolute Gasteiger partial charge is 0.225 e. The van der Waals surface area contributed by atoms with Crippen molar-refractivity contribution >= 4 is 5.91 Å². The van der Waals surface area contributed by atoms with Crippen LogP contribution >= 0.6 is 0 Å². The normalized spacial score (nSPS) is 39.3. The van der Waals surface area contributed by atoms with E-state index in [1.54, 1.807) is 0 Å². The van der Waals surface area contributed by atoms with Gasteiger partial charge in [0.25, 0.3) is 0 Å². The SMILES string of the molecule is N[C@@H]1CC[C@H]2CN(C(=O)C3CCCC3)C[C@H]21. The van der Waals surface area contributed by atoms with Crippen molar-refractivity contribution in [3.8, 4) is 0 Å². The number of amides is 1. The monoisotopic (exact) mass is 222 g/mol. The predicted molar refractivity (Wildman–Crippen MR) is 62.7 cm³/mol. The Balaban J connectivity index is 1.63. The van der Waals surface area contributed by atoms with Crippen molar-refractivity contribution in [2.75, 3.05) is 13.1 Å². The summed E-state index contributed by atoms with van der Waals surface area (Å²) in [5, 5.41) is 0. The van der Waals surface area contributed by atoms with Gasteiger partial charge in [-0.2, -0.15) is 0 Å². The van der Waals surface area contributed by atoms with Crippen molar-refractivity contribution in [3.63, 3.8) is 0 Å². The van der Waals surface area contributed by atoms with Crippen LogP contribution in [0.15, 0.2) is 0 Å². The lowest BCUT2D eigenvalue weighted by atomic mass is 9.98. The minimum Gasteiger partial charge on any atom is -0.342 e. The Morgan fingerprint density at radius 1 is 1.06 bits per heavy atom. The fourth-order valence-corrected chi connectivity index (χ4v) is 3.92. The zero-order valence-electron chi connectivity index (χ0n) is 9.90. The van der Waals surface area contributed by atoms with Gasteiger partial charge in [-0.1, -0.05) is 12.8 Å². The van der Waals surface area contributed by atoms with Crippen LogP contribution in [0, 0.1) is 17.8 Å². The highest BCUT2D eigenvalue weighted by Gasteiger charge is 2.43. The summed E-state index contributed by atoms with van der Waals surface area (Å²) in [7, 11) is 0. The molecule has 0 aromatic carbocycles. The average molecular weight is 222 g/mol. The van der Waals surface area contributed by atoms with Crippen LogP contribution in [0.5, 0.6) is 0 Å². The van der Waals surface area contributed by atoms with E-state index in [9.17, 15) is 4.79 Å². The molecular weight excluding hydrogens is 200 g/mol. The highest BCUT2D eigenvalue weighted by Crippen LogP contribution is 2.38. The summed E-state index contributed by atoms with van der Waals surface area (Å²) in [5.41, 5.74) is 6.10. The molecule has 3 atom stereocenters. The lowest BCUT2D eigenvalue weighted by Crippen LogP contribution is -2.36. The van der Waals surface area contributed by atoms with Crippen molar-refractivity contribution in [1.82, 2.24) is 4.90 Å². The van der Waals surface area contributed by atoms with Gasteiger partial charge in [0.1, 0.15) is 0 Å². The summed E-state index contributed by atoms with van der Waals surface area (Å²) < 4.78 is 0. The minimum absolute atomic E-state index is 0.343. The fraction of sp³-hybridized carbons (Fsp3) is 0.923. The van der Waals surface area contributed by atoms with Crippen LogP contribution in [0.1, 0.15) is 38.5 Å². The molecule has 0 unspecified atom stereocenters. The molecule has 1 heterocycles. The maximum atomic E-state index is 12.3. The maximum absolute atomic E-state index is 12.3. The van der Waals surface area contributed by atoms with Gasteiger partial charge in [0.15, 0.2) is 0 Å². The summed E-state index contributed by atoms with van der Waals surface area (Å²) in [6.07, 6.45) is 7.14. The third-order valence-corrected chi connectivity index (χ3v) is 4.93. The van der Waals surface area contributed by atoms with Crippen LogP contribution in [0.4, 0.5) is 0 Å². The topological polar surface area (TPSA) is 46.3 Å². The second-order valence-electron chi connectivity index (χ2n) is 5.89. The summed E-state index contributed by atoms with van der Waals surface area (Å²) >= 11 is 0. The summed E-state index contributed by atoms with van der Waals surface area (Å²) in [5.74, 6) is 2.08. The molecule has 2 N–H and O–H groups in total. The van der Waals surface area contributed by atoms with E-state index >= 15 is 0 Å². The Labute approximate surface area is 97.4 Å². The van der Waals surface area contributed by atoms with Gasteiger partial charge in [0.2, 0.25) is 5.91 Å². The zero-order chi connectivity index (χ0) is 11.1. The Morgan fingerprint density at radius 2 is 1.81 bits per heavy atom.